The van der Waals surface area contributed by atoms with Gasteiger partial charge >= 0.3 is 0 Å². The molecule has 124 valence electrons. The maximum atomic E-state index is 9.66. The van der Waals surface area contributed by atoms with Gasteiger partial charge in [-0.1, -0.05) is 0 Å². The minimum atomic E-state index is 0.343. The first-order valence-corrected chi connectivity index (χ1v) is 8.36. The topological polar surface area (TPSA) is 87.8 Å². The van der Waals surface area contributed by atoms with Gasteiger partial charge in [0.2, 0.25) is 0 Å². The van der Waals surface area contributed by atoms with Gasteiger partial charge < -0.3 is 15.5 Å². The van der Waals surface area contributed by atoms with Crippen molar-refractivity contribution in [3.8, 4) is 12.1 Å². The lowest BCUT2D eigenvalue weighted by Crippen LogP contribution is -2.42. The average Bonchev–Trinajstić information content (AvgIpc) is 2.94. The molecule has 2 aliphatic heterocycles. The molecular formula is C19H18N6. The minimum Gasteiger partial charge on any atom is -0.370 e. The lowest BCUT2D eigenvalue weighted by molar-refractivity contribution is 0.413. The van der Waals surface area contributed by atoms with Crippen LogP contribution < -0.4 is 15.5 Å². The summed E-state index contributed by atoms with van der Waals surface area (Å²) in [6, 6.07) is 12.4. The fraction of sp³-hybridized carbons (Fsp3) is 0.316. The molecule has 2 atom stereocenters. The highest BCUT2D eigenvalue weighted by molar-refractivity contribution is 5.77. The van der Waals surface area contributed by atoms with Crippen LogP contribution in [-0.4, -0.2) is 31.2 Å². The normalized spacial score (nSPS) is 21.0. The van der Waals surface area contributed by atoms with Gasteiger partial charge in [0.15, 0.2) is 5.69 Å². The Labute approximate surface area is 146 Å². The standard InChI is InChI=1S/C19H18N6/c1-25-18-4-6-22-11-15(18)14-8-13(7-12(9-20)19(14)25)24-16-3-2-5-23-17(16)10-21/h2-3,5,7-8,15,18,22,24H,4,6,11H2,1H3/t15?,18-/m0/s1. The molecule has 1 aromatic carbocycles. The summed E-state index contributed by atoms with van der Waals surface area (Å²) in [5.41, 5.74) is 4.72. The molecule has 0 radical (unpaired) electrons. The third kappa shape index (κ3) is 2.48. The van der Waals surface area contributed by atoms with Crippen molar-refractivity contribution in [2.24, 2.45) is 0 Å². The molecule has 0 aliphatic carbocycles. The van der Waals surface area contributed by atoms with Crippen LogP contribution in [0.4, 0.5) is 17.1 Å². The van der Waals surface area contributed by atoms with Crippen molar-refractivity contribution in [3.63, 3.8) is 0 Å². The number of piperidine rings is 1. The Bertz CT molecular complexity index is 907. The average molecular weight is 330 g/mol. The van der Waals surface area contributed by atoms with Crippen molar-refractivity contribution >= 4 is 17.1 Å². The number of pyridine rings is 1. The molecule has 25 heavy (non-hydrogen) atoms. The van der Waals surface area contributed by atoms with E-state index < -0.39 is 0 Å². The Morgan fingerprint density at radius 1 is 1.32 bits per heavy atom. The number of aromatic nitrogens is 1. The number of likely N-dealkylation sites (N-methyl/N-ethyl adjacent to an activating group) is 1. The number of nitrogens with one attached hydrogen (secondary N) is 2. The van der Waals surface area contributed by atoms with E-state index in [-0.39, 0.29) is 0 Å². The molecule has 1 aromatic heterocycles. The Kier molecular flexibility index (Phi) is 3.76. The number of hydrogen-bond acceptors (Lipinski definition) is 6. The van der Waals surface area contributed by atoms with Crippen molar-refractivity contribution < 1.29 is 0 Å². The van der Waals surface area contributed by atoms with E-state index in [2.05, 4.69) is 45.8 Å². The second-order valence-electron chi connectivity index (χ2n) is 6.49. The van der Waals surface area contributed by atoms with Gasteiger partial charge in [-0.05, 0) is 42.8 Å². The van der Waals surface area contributed by atoms with Crippen molar-refractivity contribution in [1.29, 1.82) is 10.5 Å². The molecule has 1 unspecified atom stereocenters. The zero-order chi connectivity index (χ0) is 17.4. The molecular weight excluding hydrogens is 312 g/mol. The smallest absolute Gasteiger partial charge is 0.163 e. The summed E-state index contributed by atoms with van der Waals surface area (Å²) in [4.78, 5) is 6.34. The molecule has 2 aliphatic rings. The van der Waals surface area contributed by atoms with Gasteiger partial charge in [0, 0.05) is 37.4 Å². The highest BCUT2D eigenvalue weighted by Gasteiger charge is 2.39. The molecule has 1 fully saturated rings. The van der Waals surface area contributed by atoms with E-state index in [1.165, 1.54) is 5.56 Å². The number of nitriles is 2. The van der Waals surface area contributed by atoms with E-state index in [1.807, 2.05) is 12.1 Å². The lowest BCUT2D eigenvalue weighted by Gasteiger charge is -2.31. The fourth-order valence-electron chi connectivity index (χ4n) is 4.03. The molecule has 3 heterocycles. The molecule has 0 bridgehead atoms. The SMILES string of the molecule is CN1c2c(C#N)cc(Nc3cccnc3C#N)cc2C2CNCC[C@@H]21. The highest BCUT2D eigenvalue weighted by atomic mass is 15.2. The number of nitrogens with zero attached hydrogens (tertiary/aromatic N) is 4. The van der Waals surface area contributed by atoms with E-state index >= 15 is 0 Å². The van der Waals surface area contributed by atoms with Crippen LogP contribution in [-0.2, 0) is 0 Å². The van der Waals surface area contributed by atoms with E-state index in [0.717, 1.165) is 30.9 Å². The van der Waals surface area contributed by atoms with Gasteiger partial charge in [-0.2, -0.15) is 10.5 Å². The van der Waals surface area contributed by atoms with Crippen molar-refractivity contribution in [3.05, 3.63) is 47.3 Å². The molecule has 6 heteroatoms. The van der Waals surface area contributed by atoms with E-state index in [4.69, 9.17) is 0 Å². The van der Waals surface area contributed by atoms with Gasteiger partial charge in [0.1, 0.15) is 12.1 Å². The van der Waals surface area contributed by atoms with Gasteiger partial charge in [-0.25, -0.2) is 4.98 Å². The van der Waals surface area contributed by atoms with Crippen LogP contribution in [0.25, 0.3) is 0 Å². The molecule has 2 aromatic rings. The first-order valence-electron chi connectivity index (χ1n) is 8.36. The summed E-state index contributed by atoms with van der Waals surface area (Å²) in [6.07, 6.45) is 2.67. The van der Waals surface area contributed by atoms with E-state index in [1.54, 1.807) is 12.3 Å². The van der Waals surface area contributed by atoms with Crippen LogP contribution in [0.2, 0.25) is 0 Å². The van der Waals surface area contributed by atoms with Gasteiger partial charge in [0.25, 0.3) is 0 Å². The summed E-state index contributed by atoms with van der Waals surface area (Å²) in [6.45, 7) is 1.93. The Balaban J connectivity index is 1.78. The molecule has 6 nitrogen and oxygen atoms in total. The third-order valence-electron chi connectivity index (χ3n) is 5.15. The van der Waals surface area contributed by atoms with Crippen LogP contribution >= 0.6 is 0 Å². The maximum Gasteiger partial charge on any atom is 0.163 e. The van der Waals surface area contributed by atoms with Crippen molar-refractivity contribution in [1.82, 2.24) is 10.3 Å². The number of fused-ring (bicyclic) bond motifs is 3. The molecule has 0 spiro atoms. The summed E-state index contributed by atoms with van der Waals surface area (Å²) in [5.74, 6) is 0.381. The molecule has 2 N–H and O–H groups in total. The Morgan fingerprint density at radius 2 is 2.20 bits per heavy atom. The monoisotopic (exact) mass is 330 g/mol. The molecule has 0 amide bonds. The van der Waals surface area contributed by atoms with Crippen LogP contribution in [0.3, 0.4) is 0 Å². The second-order valence-corrected chi connectivity index (χ2v) is 6.49. The quantitative estimate of drug-likeness (QED) is 0.879. The molecule has 0 saturated carbocycles. The summed E-state index contributed by atoms with van der Waals surface area (Å²) in [7, 11) is 2.08. The zero-order valence-corrected chi connectivity index (χ0v) is 14.0. The summed E-state index contributed by atoms with van der Waals surface area (Å²) < 4.78 is 0. The van der Waals surface area contributed by atoms with E-state index in [9.17, 15) is 10.5 Å². The minimum absolute atomic E-state index is 0.343. The number of anilines is 3. The molecule has 1 saturated heterocycles. The van der Waals surface area contributed by atoms with Crippen LogP contribution in [0, 0.1) is 22.7 Å². The second kappa shape index (κ2) is 6.08. The Hall–Kier alpha value is -3.09. The van der Waals surface area contributed by atoms with Crippen molar-refractivity contribution in [2.45, 2.75) is 18.4 Å². The van der Waals surface area contributed by atoms with Gasteiger partial charge in [0.05, 0.1) is 16.9 Å². The van der Waals surface area contributed by atoms with Crippen LogP contribution in [0.1, 0.15) is 29.2 Å². The van der Waals surface area contributed by atoms with Crippen LogP contribution in [0.15, 0.2) is 30.5 Å². The first-order chi connectivity index (χ1) is 12.2. The van der Waals surface area contributed by atoms with Gasteiger partial charge in [-0.15, -0.1) is 0 Å². The number of rotatable bonds is 2. The number of benzene rings is 1. The Morgan fingerprint density at radius 3 is 3.00 bits per heavy atom. The highest BCUT2D eigenvalue weighted by Crippen LogP contribution is 2.45. The fourth-order valence-corrected chi connectivity index (χ4v) is 4.03. The predicted octanol–water partition coefficient (Wildman–Crippen LogP) is 2.46. The third-order valence-corrected chi connectivity index (χ3v) is 5.15. The maximum absolute atomic E-state index is 9.66. The first kappa shape index (κ1) is 15.4. The van der Waals surface area contributed by atoms with Crippen LogP contribution in [0.5, 0.6) is 0 Å². The molecule has 4 rings (SSSR count). The van der Waals surface area contributed by atoms with Gasteiger partial charge in [-0.3, -0.25) is 0 Å². The lowest BCUT2D eigenvalue weighted by atomic mass is 9.89. The predicted molar refractivity (Wildman–Crippen MR) is 95.8 cm³/mol. The van der Waals surface area contributed by atoms with E-state index in [0.29, 0.717) is 28.9 Å². The zero-order valence-electron chi connectivity index (χ0n) is 14.0. The summed E-state index contributed by atoms with van der Waals surface area (Å²) >= 11 is 0. The summed E-state index contributed by atoms with van der Waals surface area (Å²) in [5, 5.41) is 25.6. The van der Waals surface area contributed by atoms with Crippen molar-refractivity contribution in [2.75, 3.05) is 30.4 Å². The number of hydrogen-bond donors (Lipinski definition) is 2. The largest absolute Gasteiger partial charge is 0.370 e.